The second-order valence-electron chi connectivity index (χ2n) is 4.17. The van der Waals surface area contributed by atoms with Crippen LogP contribution in [0.2, 0.25) is 0 Å². The van der Waals surface area contributed by atoms with Crippen molar-refractivity contribution in [2.24, 2.45) is 0 Å². The number of H-pyrrole nitrogens is 1. The van der Waals surface area contributed by atoms with Gasteiger partial charge in [-0.2, -0.15) is 0 Å². The fourth-order valence-electron chi connectivity index (χ4n) is 2.02. The molecule has 0 spiro atoms. The topological polar surface area (TPSA) is 40.7 Å². The van der Waals surface area contributed by atoms with Crippen LogP contribution in [0.15, 0.2) is 35.8 Å². The Hall–Kier alpha value is -1.65. The van der Waals surface area contributed by atoms with Crippen LogP contribution in [-0.4, -0.2) is 16.5 Å². The first-order chi connectivity index (χ1) is 8.88. The van der Waals surface area contributed by atoms with Crippen molar-refractivity contribution in [3.8, 4) is 11.3 Å². The van der Waals surface area contributed by atoms with Gasteiger partial charge in [-0.05, 0) is 12.6 Å². The van der Waals surface area contributed by atoms with Crippen molar-refractivity contribution in [1.82, 2.24) is 15.3 Å². The number of aromatic amines is 1. The Kier molecular flexibility index (Phi) is 3.13. The normalized spacial score (nSPS) is 11.2. The van der Waals surface area contributed by atoms with Crippen LogP contribution in [0.4, 0.5) is 0 Å². The summed E-state index contributed by atoms with van der Waals surface area (Å²) in [5.74, 6) is 0.988. The number of thiophene rings is 1. The minimum atomic E-state index is 0.790. The molecule has 0 saturated heterocycles. The van der Waals surface area contributed by atoms with Crippen LogP contribution in [0.25, 0.3) is 21.3 Å². The van der Waals surface area contributed by atoms with Crippen LogP contribution < -0.4 is 5.32 Å². The Balaban J connectivity index is 1.96. The van der Waals surface area contributed by atoms with Gasteiger partial charge in [-0.1, -0.05) is 25.1 Å². The van der Waals surface area contributed by atoms with Crippen molar-refractivity contribution < 1.29 is 0 Å². The Bertz CT molecular complexity index is 654. The first-order valence-electron chi connectivity index (χ1n) is 6.09. The molecule has 0 aliphatic heterocycles. The van der Waals surface area contributed by atoms with Crippen LogP contribution in [0.1, 0.15) is 12.7 Å². The molecule has 0 unspecified atom stereocenters. The quantitative estimate of drug-likeness (QED) is 0.752. The summed E-state index contributed by atoms with van der Waals surface area (Å²) in [7, 11) is 0. The zero-order valence-corrected chi connectivity index (χ0v) is 11.1. The highest BCUT2D eigenvalue weighted by atomic mass is 32.1. The molecule has 0 aliphatic carbocycles. The highest BCUT2D eigenvalue weighted by Crippen LogP contribution is 2.32. The number of hydrogen-bond acceptors (Lipinski definition) is 3. The zero-order chi connectivity index (χ0) is 12.4. The van der Waals surface area contributed by atoms with Crippen molar-refractivity contribution in [3.63, 3.8) is 0 Å². The van der Waals surface area contributed by atoms with E-state index in [0.717, 1.165) is 24.6 Å². The van der Waals surface area contributed by atoms with Gasteiger partial charge in [0.15, 0.2) is 0 Å². The molecule has 3 aromatic rings. The van der Waals surface area contributed by atoms with Gasteiger partial charge in [0.25, 0.3) is 0 Å². The monoisotopic (exact) mass is 257 g/mol. The van der Waals surface area contributed by atoms with E-state index in [-0.39, 0.29) is 0 Å². The molecule has 0 bridgehead atoms. The van der Waals surface area contributed by atoms with Crippen LogP contribution >= 0.6 is 11.3 Å². The lowest BCUT2D eigenvalue weighted by Crippen LogP contribution is -2.12. The molecule has 2 N–H and O–H groups in total. The predicted molar refractivity (Wildman–Crippen MR) is 76.8 cm³/mol. The smallest absolute Gasteiger partial charge is 0.120 e. The highest BCUT2D eigenvalue weighted by Gasteiger charge is 2.08. The van der Waals surface area contributed by atoms with Crippen molar-refractivity contribution >= 4 is 21.4 Å². The van der Waals surface area contributed by atoms with Crippen molar-refractivity contribution in [1.29, 1.82) is 0 Å². The van der Waals surface area contributed by atoms with Gasteiger partial charge in [-0.3, -0.25) is 0 Å². The molecule has 0 atom stereocenters. The molecule has 0 amide bonds. The maximum atomic E-state index is 4.40. The van der Waals surface area contributed by atoms with Crippen molar-refractivity contribution in [2.75, 3.05) is 6.54 Å². The van der Waals surface area contributed by atoms with E-state index in [4.69, 9.17) is 0 Å². The van der Waals surface area contributed by atoms with Gasteiger partial charge < -0.3 is 10.3 Å². The number of aromatic nitrogens is 2. The average Bonchev–Trinajstić information content (AvgIpc) is 3.02. The minimum absolute atomic E-state index is 0.790. The summed E-state index contributed by atoms with van der Waals surface area (Å²) < 4.78 is 1.32. The van der Waals surface area contributed by atoms with Gasteiger partial charge in [-0.25, -0.2) is 4.98 Å². The molecule has 2 aromatic heterocycles. The summed E-state index contributed by atoms with van der Waals surface area (Å²) in [6.45, 7) is 3.84. The third-order valence-electron chi connectivity index (χ3n) is 2.94. The molecule has 2 heterocycles. The summed E-state index contributed by atoms with van der Waals surface area (Å²) in [5.41, 5.74) is 2.34. The van der Waals surface area contributed by atoms with Gasteiger partial charge in [0.2, 0.25) is 0 Å². The average molecular weight is 257 g/mol. The Morgan fingerprint density at radius 2 is 2.22 bits per heavy atom. The third-order valence-corrected chi connectivity index (χ3v) is 3.91. The number of fused-ring (bicyclic) bond motifs is 1. The summed E-state index contributed by atoms with van der Waals surface area (Å²) in [6.07, 6.45) is 1.92. The number of imidazole rings is 1. The maximum absolute atomic E-state index is 4.40. The largest absolute Gasteiger partial charge is 0.341 e. The fraction of sp³-hybridized carbons (Fsp3) is 0.214. The number of benzene rings is 1. The Morgan fingerprint density at radius 1 is 1.33 bits per heavy atom. The predicted octanol–water partition coefficient (Wildman–Crippen LogP) is 3.40. The number of rotatable bonds is 4. The molecule has 0 fully saturated rings. The second-order valence-corrected chi connectivity index (χ2v) is 5.08. The van der Waals surface area contributed by atoms with E-state index in [1.165, 1.54) is 15.6 Å². The van der Waals surface area contributed by atoms with Crippen LogP contribution in [0.3, 0.4) is 0 Å². The maximum Gasteiger partial charge on any atom is 0.120 e. The van der Waals surface area contributed by atoms with Crippen molar-refractivity contribution in [3.05, 3.63) is 41.7 Å². The summed E-state index contributed by atoms with van der Waals surface area (Å²) in [4.78, 5) is 7.78. The van der Waals surface area contributed by atoms with Crippen LogP contribution in [0.5, 0.6) is 0 Å². The Morgan fingerprint density at radius 3 is 3.11 bits per heavy atom. The molecule has 18 heavy (non-hydrogen) atoms. The molecule has 0 saturated carbocycles. The molecular weight excluding hydrogens is 242 g/mol. The van der Waals surface area contributed by atoms with Gasteiger partial charge in [0.05, 0.1) is 18.4 Å². The van der Waals surface area contributed by atoms with E-state index >= 15 is 0 Å². The lowest BCUT2D eigenvalue weighted by Gasteiger charge is -1.97. The summed E-state index contributed by atoms with van der Waals surface area (Å²) in [6, 6.07) is 8.46. The van der Waals surface area contributed by atoms with E-state index in [2.05, 4.69) is 51.9 Å². The molecule has 3 rings (SSSR count). The summed E-state index contributed by atoms with van der Waals surface area (Å²) >= 11 is 1.77. The molecule has 92 valence electrons. The SMILES string of the molecule is CCNCc1ncc(-c2csc3ccccc23)[nH]1. The van der Waals surface area contributed by atoms with Crippen LogP contribution in [0, 0.1) is 0 Å². The van der Waals surface area contributed by atoms with Gasteiger partial charge in [0.1, 0.15) is 5.82 Å². The highest BCUT2D eigenvalue weighted by molar-refractivity contribution is 7.17. The first-order valence-corrected chi connectivity index (χ1v) is 6.97. The molecule has 0 aliphatic rings. The molecular formula is C14H15N3S. The first kappa shape index (κ1) is 11.4. The number of hydrogen-bond donors (Lipinski definition) is 2. The number of nitrogens with zero attached hydrogens (tertiary/aromatic N) is 1. The summed E-state index contributed by atoms with van der Waals surface area (Å²) in [5, 5.41) is 6.75. The molecule has 3 nitrogen and oxygen atoms in total. The van der Waals surface area contributed by atoms with Crippen molar-refractivity contribution in [2.45, 2.75) is 13.5 Å². The molecule has 0 radical (unpaired) electrons. The lowest BCUT2D eigenvalue weighted by molar-refractivity contribution is 0.698. The fourth-order valence-corrected chi connectivity index (χ4v) is 2.98. The van der Waals surface area contributed by atoms with E-state index in [1.54, 1.807) is 11.3 Å². The van der Waals surface area contributed by atoms with E-state index in [1.807, 2.05) is 6.20 Å². The van der Waals surface area contributed by atoms with E-state index < -0.39 is 0 Å². The second kappa shape index (κ2) is 4.92. The Labute approximate surface area is 110 Å². The van der Waals surface area contributed by atoms with Gasteiger partial charge in [-0.15, -0.1) is 11.3 Å². The van der Waals surface area contributed by atoms with Gasteiger partial charge >= 0.3 is 0 Å². The lowest BCUT2D eigenvalue weighted by atomic mass is 10.1. The third kappa shape index (κ3) is 2.05. The number of nitrogens with one attached hydrogen (secondary N) is 2. The van der Waals surface area contributed by atoms with E-state index in [9.17, 15) is 0 Å². The van der Waals surface area contributed by atoms with E-state index in [0.29, 0.717) is 0 Å². The van der Waals surface area contributed by atoms with Crippen LogP contribution in [-0.2, 0) is 6.54 Å². The zero-order valence-electron chi connectivity index (χ0n) is 10.2. The van der Waals surface area contributed by atoms with Gasteiger partial charge in [0, 0.05) is 21.0 Å². The molecule has 1 aromatic carbocycles. The standard InChI is InChI=1S/C14H15N3S/c1-2-15-8-14-16-7-12(17-14)11-9-18-13-6-4-3-5-10(11)13/h3-7,9,15H,2,8H2,1H3,(H,16,17). The molecule has 4 heteroatoms. The minimum Gasteiger partial charge on any atom is -0.341 e.